The van der Waals surface area contributed by atoms with E-state index in [-0.39, 0.29) is 18.0 Å². The van der Waals surface area contributed by atoms with E-state index in [1.807, 2.05) is 23.1 Å². The molecule has 0 spiro atoms. The van der Waals surface area contributed by atoms with E-state index in [1.165, 1.54) is 0 Å². The Kier molecular flexibility index (Phi) is 4.91. The second-order valence-electron chi connectivity index (χ2n) is 5.11. The fourth-order valence-electron chi connectivity index (χ4n) is 2.57. The average molecular weight is 261 g/mol. The number of rotatable bonds is 5. The highest BCUT2D eigenvalue weighted by Crippen LogP contribution is 2.23. The van der Waals surface area contributed by atoms with Gasteiger partial charge in [-0.15, -0.1) is 0 Å². The maximum Gasteiger partial charge on any atom is 0.240 e. The molecule has 0 aromatic carbocycles. The van der Waals surface area contributed by atoms with E-state index in [0.29, 0.717) is 0 Å². The number of nitrogens with zero attached hydrogens (tertiary/aromatic N) is 2. The van der Waals surface area contributed by atoms with Crippen molar-refractivity contribution in [2.45, 2.75) is 45.2 Å². The van der Waals surface area contributed by atoms with Gasteiger partial charge in [0.2, 0.25) is 5.91 Å². The quantitative estimate of drug-likeness (QED) is 0.883. The molecule has 1 aromatic heterocycles. The Morgan fingerprint density at radius 3 is 3.05 bits per heavy atom. The lowest BCUT2D eigenvalue weighted by Crippen LogP contribution is -2.51. The summed E-state index contributed by atoms with van der Waals surface area (Å²) in [7, 11) is 0. The lowest BCUT2D eigenvalue weighted by molar-refractivity contribution is -0.138. The minimum Gasteiger partial charge on any atom is -0.333 e. The molecule has 2 atom stereocenters. The Morgan fingerprint density at radius 2 is 2.37 bits per heavy atom. The molecule has 1 saturated heterocycles. The molecule has 1 aliphatic rings. The highest BCUT2D eigenvalue weighted by Gasteiger charge is 2.31. The summed E-state index contributed by atoms with van der Waals surface area (Å²) in [5.74, 6) is 0.220. The fraction of sp³-hybridized carbons (Fsp3) is 0.600. The van der Waals surface area contributed by atoms with E-state index in [9.17, 15) is 4.79 Å². The summed E-state index contributed by atoms with van der Waals surface area (Å²) in [5.41, 5.74) is 0.965. The van der Waals surface area contributed by atoms with Crippen molar-refractivity contribution in [1.29, 1.82) is 0 Å². The first-order valence-corrected chi connectivity index (χ1v) is 7.18. The second kappa shape index (κ2) is 6.66. The smallest absolute Gasteiger partial charge is 0.240 e. The lowest BCUT2D eigenvalue weighted by Gasteiger charge is -2.36. The van der Waals surface area contributed by atoms with Gasteiger partial charge in [0.1, 0.15) is 0 Å². The van der Waals surface area contributed by atoms with Gasteiger partial charge in [0, 0.05) is 12.7 Å². The highest BCUT2D eigenvalue weighted by molar-refractivity contribution is 5.83. The van der Waals surface area contributed by atoms with Crippen LogP contribution in [0.15, 0.2) is 24.4 Å². The summed E-state index contributed by atoms with van der Waals surface area (Å²) < 4.78 is 0. The summed E-state index contributed by atoms with van der Waals surface area (Å²) in [6.07, 6.45) is 4.85. The van der Waals surface area contributed by atoms with Crippen LogP contribution in [0.5, 0.6) is 0 Å². The van der Waals surface area contributed by atoms with Crippen molar-refractivity contribution in [3.8, 4) is 0 Å². The molecule has 1 fully saturated rings. The van der Waals surface area contributed by atoms with Gasteiger partial charge in [-0.1, -0.05) is 13.0 Å². The number of pyridine rings is 1. The maximum absolute atomic E-state index is 12.5. The van der Waals surface area contributed by atoms with Gasteiger partial charge in [0.25, 0.3) is 0 Å². The first-order valence-electron chi connectivity index (χ1n) is 7.18. The molecular formula is C15H23N3O. The molecule has 1 N–H and O–H groups in total. The van der Waals surface area contributed by atoms with Crippen molar-refractivity contribution in [3.63, 3.8) is 0 Å². The zero-order chi connectivity index (χ0) is 13.7. The zero-order valence-electron chi connectivity index (χ0n) is 11.8. The number of piperidine rings is 1. The van der Waals surface area contributed by atoms with E-state index in [4.69, 9.17) is 0 Å². The third kappa shape index (κ3) is 3.32. The van der Waals surface area contributed by atoms with Crippen LogP contribution in [0.25, 0.3) is 0 Å². The van der Waals surface area contributed by atoms with Gasteiger partial charge >= 0.3 is 0 Å². The molecular weight excluding hydrogens is 238 g/mol. The van der Waals surface area contributed by atoms with Gasteiger partial charge in [-0.2, -0.15) is 0 Å². The summed E-state index contributed by atoms with van der Waals surface area (Å²) in [6, 6.07) is 5.90. The highest BCUT2D eigenvalue weighted by atomic mass is 16.2. The largest absolute Gasteiger partial charge is 0.333 e. The van der Waals surface area contributed by atoms with Gasteiger partial charge in [0.05, 0.1) is 17.8 Å². The molecule has 4 nitrogen and oxygen atoms in total. The third-order valence-electron chi connectivity index (χ3n) is 3.70. The monoisotopic (exact) mass is 261 g/mol. The molecule has 19 heavy (non-hydrogen) atoms. The number of carbonyl (C=O) groups excluding carboxylic acids is 1. The number of carbonyl (C=O) groups is 1. The van der Waals surface area contributed by atoms with Crippen molar-refractivity contribution >= 4 is 5.91 Å². The Labute approximate surface area is 115 Å². The second-order valence-corrected chi connectivity index (χ2v) is 5.11. The first kappa shape index (κ1) is 14.0. The first-order chi connectivity index (χ1) is 9.24. The summed E-state index contributed by atoms with van der Waals surface area (Å²) in [6.45, 7) is 5.92. The van der Waals surface area contributed by atoms with Gasteiger partial charge < -0.3 is 10.2 Å². The van der Waals surface area contributed by atoms with E-state index >= 15 is 0 Å². The predicted octanol–water partition coefficient (Wildman–Crippen LogP) is 2.13. The zero-order valence-corrected chi connectivity index (χ0v) is 11.8. The van der Waals surface area contributed by atoms with E-state index in [0.717, 1.165) is 38.0 Å². The lowest BCUT2D eigenvalue weighted by atomic mass is 10.0. The van der Waals surface area contributed by atoms with Crippen LogP contribution >= 0.6 is 0 Å². The van der Waals surface area contributed by atoms with Gasteiger partial charge in [-0.05, 0) is 44.9 Å². The Morgan fingerprint density at radius 1 is 1.53 bits per heavy atom. The topological polar surface area (TPSA) is 45.2 Å². The Bertz CT molecular complexity index is 407. The van der Waals surface area contributed by atoms with Crippen LogP contribution in [0.1, 0.15) is 44.8 Å². The molecule has 2 heterocycles. The van der Waals surface area contributed by atoms with E-state index in [1.54, 1.807) is 6.20 Å². The van der Waals surface area contributed by atoms with Gasteiger partial charge in [-0.3, -0.25) is 9.78 Å². The van der Waals surface area contributed by atoms with Crippen molar-refractivity contribution in [3.05, 3.63) is 30.1 Å². The number of hydrogen-bond donors (Lipinski definition) is 1. The summed E-state index contributed by atoms with van der Waals surface area (Å²) in [4.78, 5) is 18.8. The minimum atomic E-state index is -0.0140. The molecule has 1 aliphatic heterocycles. The molecule has 2 rings (SSSR count). The fourth-order valence-corrected chi connectivity index (χ4v) is 2.57. The Balaban J connectivity index is 2.05. The van der Waals surface area contributed by atoms with Crippen LogP contribution in [0.3, 0.4) is 0 Å². The third-order valence-corrected chi connectivity index (χ3v) is 3.70. The number of amides is 1. The molecule has 0 saturated carbocycles. The van der Waals surface area contributed by atoms with Crippen molar-refractivity contribution in [1.82, 2.24) is 15.2 Å². The maximum atomic E-state index is 12.5. The number of aromatic nitrogens is 1. The average Bonchev–Trinajstić information content (AvgIpc) is 2.46. The molecule has 0 radical (unpaired) electrons. The van der Waals surface area contributed by atoms with Crippen LogP contribution in [0.2, 0.25) is 0 Å². The molecule has 1 amide bonds. The van der Waals surface area contributed by atoms with Crippen molar-refractivity contribution in [2.24, 2.45) is 0 Å². The van der Waals surface area contributed by atoms with Crippen molar-refractivity contribution in [2.75, 3.05) is 13.1 Å². The van der Waals surface area contributed by atoms with Crippen molar-refractivity contribution < 1.29 is 4.79 Å². The normalized spacial score (nSPS) is 21.5. The van der Waals surface area contributed by atoms with E-state index < -0.39 is 0 Å². The predicted molar refractivity (Wildman–Crippen MR) is 75.7 cm³/mol. The minimum absolute atomic E-state index is 0.0140. The molecule has 1 aromatic rings. The number of nitrogens with one attached hydrogen (secondary N) is 1. The molecule has 2 unspecified atom stereocenters. The number of hydrogen-bond acceptors (Lipinski definition) is 3. The number of likely N-dealkylation sites (tertiary alicyclic amines) is 1. The van der Waals surface area contributed by atoms with Gasteiger partial charge in [-0.25, -0.2) is 0 Å². The van der Waals surface area contributed by atoms with Gasteiger partial charge in [0.15, 0.2) is 0 Å². The standard InChI is InChI=1S/C15H23N3O/c1-3-9-16-14-8-6-11-18(15(14)19)12(2)13-7-4-5-10-17-13/h4-5,7,10,12,14,16H,3,6,8-9,11H2,1-2H3. The summed E-state index contributed by atoms with van der Waals surface area (Å²) >= 11 is 0. The summed E-state index contributed by atoms with van der Waals surface area (Å²) in [5, 5.41) is 3.35. The van der Waals surface area contributed by atoms with Crippen LogP contribution in [0.4, 0.5) is 0 Å². The Hall–Kier alpha value is -1.42. The molecule has 0 aliphatic carbocycles. The molecule has 4 heteroatoms. The van der Waals surface area contributed by atoms with Crippen LogP contribution in [0, 0.1) is 0 Å². The SMILES string of the molecule is CCCNC1CCCN(C(C)c2ccccn2)C1=O. The van der Waals surface area contributed by atoms with E-state index in [2.05, 4.69) is 24.1 Å². The molecule has 104 valence electrons. The van der Waals surface area contributed by atoms with Crippen LogP contribution in [-0.2, 0) is 4.79 Å². The van der Waals surface area contributed by atoms with Crippen LogP contribution in [-0.4, -0.2) is 34.9 Å². The van der Waals surface area contributed by atoms with Crippen LogP contribution < -0.4 is 5.32 Å². The molecule has 0 bridgehead atoms.